The van der Waals surface area contributed by atoms with Gasteiger partial charge in [-0.1, -0.05) is 19.1 Å². The SMILES string of the molecule is CCCNC(c1csc(C)c1)c1cccc(Br)c1F. The summed E-state index contributed by atoms with van der Waals surface area (Å²) in [5.74, 6) is -0.181. The number of thiophene rings is 1. The van der Waals surface area contributed by atoms with E-state index in [-0.39, 0.29) is 11.9 Å². The standard InChI is InChI=1S/C15H17BrFNS/c1-3-7-18-15(11-8-10(2)19-9-11)12-5-4-6-13(16)14(12)17/h4-6,8-9,15,18H,3,7H2,1-2H3. The molecule has 0 radical (unpaired) electrons. The number of nitrogens with one attached hydrogen (secondary N) is 1. The lowest BCUT2D eigenvalue weighted by molar-refractivity contribution is 0.544. The predicted octanol–water partition coefficient (Wildman–Crippen LogP) is 5.05. The quantitative estimate of drug-likeness (QED) is 0.802. The number of rotatable bonds is 5. The lowest BCUT2D eigenvalue weighted by atomic mass is 10.00. The van der Waals surface area contributed by atoms with Gasteiger partial charge in [-0.25, -0.2) is 4.39 Å². The molecule has 0 aliphatic heterocycles. The molecule has 0 amide bonds. The normalized spacial score (nSPS) is 12.6. The van der Waals surface area contributed by atoms with Crippen LogP contribution >= 0.6 is 27.3 Å². The minimum Gasteiger partial charge on any atom is -0.306 e. The van der Waals surface area contributed by atoms with Crippen LogP contribution in [0.15, 0.2) is 34.1 Å². The average molecular weight is 342 g/mol. The summed E-state index contributed by atoms with van der Waals surface area (Å²) < 4.78 is 14.8. The van der Waals surface area contributed by atoms with E-state index in [4.69, 9.17) is 0 Å². The molecule has 4 heteroatoms. The van der Waals surface area contributed by atoms with Crippen molar-refractivity contribution in [2.45, 2.75) is 26.3 Å². The summed E-state index contributed by atoms with van der Waals surface area (Å²) in [4.78, 5) is 1.24. The van der Waals surface area contributed by atoms with Gasteiger partial charge in [-0.3, -0.25) is 0 Å². The Morgan fingerprint density at radius 3 is 2.84 bits per heavy atom. The molecule has 0 fully saturated rings. The molecule has 102 valence electrons. The van der Waals surface area contributed by atoms with Gasteiger partial charge in [0.2, 0.25) is 0 Å². The third-order valence-electron chi connectivity index (χ3n) is 2.98. The first-order valence-corrected chi connectivity index (χ1v) is 8.03. The van der Waals surface area contributed by atoms with Crippen LogP contribution < -0.4 is 5.32 Å². The molecule has 0 aliphatic rings. The maximum atomic E-state index is 14.3. The third-order valence-corrected chi connectivity index (χ3v) is 4.47. The summed E-state index contributed by atoms with van der Waals surface area (Å²) in [6.45, 7) is 5.05. The molecule has 0 aliphatic carbocycles. The van der Waals surface area contributed by atoms with E-state index in [1.807, 2.05) is 12.1 Å². The second-order valence-corrected chi connectivity index (χ2v) is 6.49. The van der Waals surface area contributed by atoms with Crippen LogP contribution in [0.1, 0.15) is 35.4 Å². The topological polar surface area (TPSA) is 12.0 Å². The number of aryl methyl sites for hydroxylation is 1. The highest BCUT2D eigenvalue weighted by Gasteiger charge is 2.19. The fourth-order valence-corrected chi connectivity index (χ4v) is 3.17. The molecular formula is C15H17BrFNS. The summed E-state index contributed by atoms with van der Waals surface area (Å²) in [6, 6.07) is 7.50. The minimum absolute atomic E-state index is 0.0811. The number of benzene rings is 1. The fourth-order valence-electron chi connectivity index (χ4n) is 2.05. The van der Waals surface area contributed by atoms with Gasteiger partial charge < -0.3 is 5.32 Å². The zero-order chi connectivity index (χ0) is 13.8. The van der Waals surface area contributed by atoms with E-state index in [2.05, 4.69) is 46.5 Å². The van der Waals surface area contributed by atoms with Crippen LogP contribution in [-0.4, -0.2) is 6.54 Å². The van der Waals surface area contributed by atoms with Crippen LogP contribution in [-0.2, 0) is 0 Å². The largest absolute Gasteiger partial charge is 0.306 e. The Balaban J connectivity index is 2.39. The first-order valence-electron chi connectivity index (χ1n) is 6.35. The van der Waals surface area contributed by atoms with Crippen LogP contribution in [0.3, 0.4) is 0 Å². The molecule has 1 atom stereocenters. The summed E-state index contributed by atoms with van der Waals surface area (Å²) in [6.07, 6.45) is 1.02. The Bertz CT molecular complexity index is 553. The predicted molar refractivity (Wildman–Crippen MR) is 83.3 cm³/mol. The summed E-state index contributed by atoms with van der Waals surface area (Å²) in [5.41, 5.74) is 1.83. The van der Waals surface area contributed by atoms with Crippen LogP contribution in [0.5, 0.6) is 0 Å². The van der Waals surface area contributed by atoms with Gasteiger partial charge in [-0.15, -0.1) is 11.3 Å². The van der Waals surface area contributed by atoms with Crippen molar-refractivity contribution in [3.63, 3.8) is 0 Å². The zero-order valence-electron chi connectivity index (χ0n) is 11.0. The monoisotopic (exact) mass is 341 g/mol. The van der Waals surface area contributed by atoms with Crippen LogP contribution in [0.2, 0.25) is 0 Å². The first kappa shape index (κ1) is 14.7. The Kier molecular flexibility index (Phi) is 5.13. The Labute approximate surface area is 126 Å². The van der Waals surface area contributed by atoms with Gasteiger partial charge in [0.15, 0.2) is 0 Å². The van der Waals surface area contributed by atoms with Crippen LogP contribution in [0.25, 0.3) is 0 Å². The first-order chi connectivity index (χ1) is 9.13. The Morgan fingerprint density at radius 2 is 2.21 bits per heavy atom. The molecule has 1 N–H and O–H groups in total. The molecule has 0 saturated heterocycles. The highest BCUT2D eigenvalue weighted by molar-refractivity contribution is 9.10. The summed E-state index contributed by atoms with van der Waals surface area (Å²) in [7, 11) is 0. The maximum absolute atomic E-state index is 14.3. The van der Waals surface area contributed by atoms with Crippen molar-refractivity contribution in [1.29, 1.82) is 0 Å². The van der Waals surface area contributed by atoms with Crippen molar-refractivity contribution >= 4 is 27.3 Å². The van der Waals surface area contributed by atoms with Gasteiger partial charge >= 0.3 is 0 Å². The molecule has 1 nitrogen and oxygen atoms in total. The molecule has 0 bridgehead atoms. The Morgan fingerprint density at radius 1 is 1.42 bits per heavy atom. The van der Waals surface area contributed by atoms with Gasteiger partial charge in [0.05, 0.1) is 10.5 Å². The summed E-state index contributed by atoms with van der Waals surface area (Å²) in [5, 5.41) is 5.53. The molecule has 19 heavy (non-hydrogen) atoms. The Hall–Kier alpha value is -0.710. The fraction of sp³-hybridized carbons (Fsp3) is 0.333. The number of halogens is 2. The molecule has 2 aromatic rings. The molecule has 1 aromatic heterocycles. The van der Waals surface area contributed by atoms with E-state index < -0.39 is 0 Å². The average Bonchev–Trinajstić information content (AvgIpc) is 2.81. The van der Waals surface area contributed by atoms with Crippen LogP contribution in [0.4, 0.5) is 4.39 Å². The molecule has 0 saturated carbocycles. The van der Waals surface area contributed by atoms with Crippen molar-refractivity contribution in [3.8, 4) is 0 Å². The summed E-state index contributed by atoms with van der Waals surface area (Å²) >= 11 is 4.96. The van der Waals surface area contributed by atoms with Gasteiger partial charge in [0, 0.05) is 10.4 Å². The number of hydrogen-bond acceptors (Lipinski definition) is 2. The second kappa shape index (κ2) is 6.64. The van der Waals surface area contributed by atoms with Crippen molar-refractivity contribution < 1.29 is 4.39 Å². The van der Waals surface area contributed by atoms with E-state index in [1.165, 1.54) is 4.88 Å². The molecule has 1 aromatic carbocycles. The van der Waals surface area contributed by atoms with Crippen molar-refractivity contribution in [3.05, 3.63) is 55.9 Å². The van der Waals surface area contributed by atoms with E-state index in [1.54, 1.807) is 17.4 Å². The van der Waals surface area contributed by atoms with Gasteiger partial charge in [0.1, 0.15) is 5.82 Å². The van der Waals surface area contributed by atoms with Crippen molar-refractivity contribution in [2.24, 2.45) is 0 Å². The van der Waals surface area contributed by atoms with E-state index in [0.717, 1.165) is 18.5 Å². The maximum Gasteiger partial charge on any atom is 0.142 e. The minimum atomic E-state index is -0.181. The highest BCUT2D eigenvalue weighted by atomic mass is 79.9. The van der Waals surface area contributed by atoms with E-state index in [0.29, 0.717) is 10.0 Å². The zero-order valence-corrected chi connectivity index (χ0v) is 13.4. The molecule has 2 rings (SSSR count). The molecule has 0 spiro atoms. The highest BCUT2D eigenvalue weighted by Crippen LogP contribution is 2.30. The van der Waals surface area contributed by atoms with Gasteiger partial charge in [-0.2, -0.15) is 0 Å². The smallest absolute Gasteiger partial charge is 0.142 e. The van der Waals surface area contributed by atoms with Crippen molar-refractivity contribution in [2.75, 3.05) is 6.54 Å². The van der Waals surface area contributed by atoms with Gasteiger partial charge in [-0.05, 0) is 58.9 Å². The lowest BCUT2D eigenvalue weighted by Gasteiger charge is -2.19. The van der Waals surface area contributed by atoms with Gasteiger partial charge in [0.25, 0.3) is 0 Å². The molecular weight excluding hydrogens is 325 g/mol. The molecule has 1 unspecified atom stereocenters. The lowest BCUT2D eigenvalue weighted by Crippen LogP contribution is -2.23. The molecule has 1 heterocycles. The van der Waals surface area contributed by atoms with E-state index in [9.17, 15) is 4.39 Å². The third kappa shape index (κ3) is 3.44. The van der Waals surface area contributed by atoms with E-state index >= 15 is 0 Å². The number of hydrogen-bond donors (Lipinski definition) is 1. The van der Waals surface area contributed by atoms with Crippen LogP contribution in [0, 0.1) is 12.7 Å². The van der Waals surface area contributed by atoms with Crippen molar-refractivity contribution in [1.82, 2.24) is 5.32 Å². The second-order valence-electron chi connectivity index (χ2n) is 4.52.